The molecule has 0 amide bonds. The molecule has 5 nitrogen and oxygen atoms in total. The first-order chi connectivity index (χ1) is 9.78. The maximum Gasteiger partial charge on any atom is 0.158 e. The Hall–Kier alpha value is -1.04. The summed E-state index contributed by atoms with van der Waals surface area (Å²) in [5.74, 6) is 0.889. The third kappa shape index (κ3) is 2.85. The van der Waals surface area contributed by atoms with Crippen LogP contribution in [0.5, 0.6) is 0 Å². The van der Waals surface area contributed by atoms with E-state index >= 15 is 0 Å². The van der Waals surface area contributed by atoms with Gasteiger partial charge >= 0.3 is 0 Å². The molecule has 0 radical (unpaired) electrons. The molecule has 0 bridgehead atoms. The van der Waals surface area contributed by atoms with Crippen LogP contribution in [0, 0.1) is 0 Å². The fourth-order valence-corrected chi connectivity index (χ4v) is 2.96. The zero-order valence-electron chi connectivity index (χ0n) is 12.5. The van der Waals surface area contributed by atoms with Crippen molar-refractivity contribution in [2.24, 2.45) is 0 Å². The number of aryl methyl sites for hydroxylation is 1. The predicted molar refractivity (Wildman–Crippen MR) is 77.6 cm³/mol. The summed E-state index contributed by atoms with van der Waals surface area (Å²) in [5, 5.41) is 3.43. The van der Waals surface area contributed by atoms with Gasteiger partial charge in [-0.3, -0.25) is 0 Å². The van der Waals surface area contributed by atoms with Crippen molar-refractivity contribution < 1.29 is 4.74 Å². The average molecular weight is 276 g/mol. The fourth-order valence-electron chi connectivity index (χ4n) is 2.96. The average Bonchev–Trinajstić information content (AvgIpc) is 2.47. The molecule has 3 rings (SSSR count). The number of ether oxygens (including phenoxy) is 1. The fraction of sp³-hybridized carbons (Fsp3) is 0.733. The molecule has 0 aromatic carbocycles. The van der Waals surface area contributed by atoms with E-state index in [4.69, 9.17) is 14.7 Å². The Morgan fingerprint density at radius 1 is 1.40 bits per heavy atom. The van der Waals surface area contributed by atoms with Crippen LogP contribution in [0.3, 0.4) is 0 Å². The molecule has 1 atom stereocenters. The first-order valence-electron chi connectivity index (χ1n) is 7.67. The third-order valence-corrected chi connectivity index (χ3v) is 4.08. The predicted octanol–water partition coefficient (Wildman–Crippen LogP) is 1.08. The van der Waals surface area contributed by atoms with Gasteiger partial charge in [0.2, 0.25) is 0 Å². The lowest BCUT2D eigenvalue weighted by Crippen LogP contribution is -2.37. The minimum absolute atomic E-state index is 0.0320. The van der Waals surface area contributed by atoms with Crippen molar-refractivity contribution in [3.05, 3.63) is 22.8 Å². The molecule has 1 unspecified atom stereocenters. The van der Waals surface area contributed by atoms with Gasteiger partial charge in [-0.1, -0.05) is 13.3 Å². The summed E-state index contributed by atoms with van der Waals surface area (Å²) < 4.78 is 5.88. The maximum absolute atomic E-state index is 5.88. The van der Waals surface area contributed by atoms with E-state index in [1.807, 2.05) is 0 Å². The number of likely N-dealkylation sites (N-methyl/N-ethyl adjacent to an activating group) is 1. The molecule has 1 saturated heterocycles. The molecule has 20 heavy (non-hydrogen) atoms. The summed E-state index contributed by atoms with van der Waals surface area (Å²) in [5.41, 5.74) is 3.77. The van der Waals surface area contributed by atoms with E-state index in [0.717, 1.165) is 57.9 Å². The van der Waals surface area contributed by atoms with Crippen molar-refractivity contribution in [2.75, 3.05) is 33.3 Å². The van der Waals surface area contributed by atoms with Gasteiger partial charge in [-0.25, -0.2) is 9.97 Å². The van der Waals surface area contributed by atoms with Crippen molar-refractivity contribution in [3.63, 3.8) is 0 Å². The minimum Gasteiger partial charge on any atom is -0.368 e. The van der Waals surface area contributed by atoms with Crippen molar-refractivity contribution in [3.8, 4) is 0 Å². The number of nitrogens with zero attached hydrogens (tertiary/aromatic N) is 3. The van der Waals surface area contributed by atoms with Gasteiger partial charge in [0.05, 0.1) is 12.3 Å². The van der Waals surface area contributed by atoms with Gasteiger partial charge in [-0.15, -0.1) is 0 Å². The topological polar surface area (TPSA) is 50.3 Å². The number of hydrogen-bond acceptors (Lipinski definition) is 5. The number of hydrogen-bond donors (Lipinski definition) is 1. The Bertz CT molecular complexity index is 477. The second kappa shape index (κ2) is 6.16. The lowest BCUT2D eigenvalue weighted by atomic mass is 10.0. The summed E-state index contributed by atoms with van der Waals surface area (Å²) >= 11 is 0. The zero-order valence-corrected chi connectivity index (χ0v) is 12.5. The van der Waals surface area contributed by atoms with E-state index in [-0.39, 0.29) is 6.10 Å². The summed E-state index contributed by atoms with van der Waals surface area (Å²) in [4.78, 5) is 11.9. The van der Waals surface area contributed by atoms with Gasteiger partial charge in [-0.05, 0) is 13.5 Å². The van der Waals surface area contributed by atoms with Gasteiger partial charge in [0.1, 0.15) is 6.10 Å². The van der Waals surface area contributed by atoms with Crippen LogP contribution in [0.2, 0.25) is 0 Å². The second-order valence-electron chi connectivity index (χ2n) is 5.75. The van der Waals surface area contributed by atoms with Crippen LogP contribution < -0.4 is 5.32 Å². The Balaban J connectivity index is 1.92. The van der Waals surface area contributed by atoms with Crippen LogP contribution in [-0.4, -0.2) is 48.2 Å². The number of aromatic nitrogens is 2. The van der Waals surface area contributed by atoms with E-state index in [9.17, 15) is 0 Å². The quantitative estimate of drug-likeness (QED) is 0.895. The van der Waals surface area contributed by atoms with Crippen LogP contribution in [0.1, 0.15) is 42.2 Å². The molecule has 0 spiro atoms. The highest BCUT2D eigenvalue weighted by Gasteiger charge is 2.25. The molecule has 2 aliphatic heterocycles. The molecule has 0 aliphatic carbocycles. The van der Waals surface area contributed by atoms with Crippen LogP contribution in [0.25, 0.3) is 0 Å². The van der Waals surface area contributed by atoms with E-state index in [0.29, 0.717) is 0 Å². The number of fused-ring (bicyclic) bond motifs is 1. The van der Waals surface area contributed by atoms with Crippen LogP contribution in [-0.2, 0) is 24.1 Å². The number of rotatable bonds is 3. The molecule has 1 fully saturated rings. The van der Waals surface area contributed by atoms with Crippen molar-refractivity contribution in [2.45, 2.75) is 38.8 Å². The Morgan fingerprint density at radius 2 is 2.30 bits per heavy atom. The SMILES string of the molecule is CCCc1nc(C2CN(C)CCO2)nc2c1CNCC2. The maximum atomic E-state index is 5.88. The molecular weight excluding hydrogens is 252 g/mol. The summed E-state index contributed by atoms with van der Waals surface area (Å²) in [7, 11) is 2.13. The molecule has 3 heterocycles. The summed E-state index contributed by atoms with van der Waals surface area (Å²) in [6.07, 6.45) is 3.19. The van der Waals surface area contributed by atoms with Gasteiger partial charge in [0.25, 0.3) is 0 Å². The van der Waals surface area contributed by atoms with Crippen molar-refractivity contribution in [1.29, 1.82) is 0 Å². The normalized spacial score (nSPS) is 23.6. The smallest absolute Gasteiger partial charge is 0.158 e. The first kappa shape index (κ1) is 13.9. The van der Waals surface area contributed by atoms with Gasteiger partial charge < -0.3 is 15.0 Å². The standard InChI is InChI=1S/C15H24N4O/c1-3-4-12-11-9-16-6-5-13(11)18-15(17-12)14-10-19(2)7-8-20-14/h14,16H,3-10H2,1-2H3. The minimum atomic E-state index is 0.0320. The van der Waals surface area contributed by atoms with Crippen molar-refractivity contribution in [1.82, 2.24) is 20.2 Å². The lowest BCUT2D eigenvalue weighted by Gasteiger charge is -2.30. The highest BCUT2D eigenvalue weighted by molar-refractivity contribution is 5.29. The van der Waals surface area contributed by atoms with Gasteiger partial charge in [0, 0.05) is 43.9 Å². The summed E-state index contributed by atoms with van der Waals surface area (Å²) in [6.45, 7) is 6.79. The molecule has 1 aromatic heterocycles. The highest BCUT2D eigenvalue weighted by Crippen LogP contribution is 2.23. The molecule has 1 aromatic rings. The number of morpholine rings is 1. The third-order valence-electron chi connectivity index (χ3n) is 4.08. The monoisotopic (exact) mass is 276 g/mol. The first-order valence-corrected chi connectivity index (χ1v) is 7.67. The summed E-state index contributed by atoms with van der Waals surface area (Å²) in [6, 6.07) is 0. The second-order valence-corrected chi connectivity index (χ2v) is 5.75. The zero-order chi connectivity index (χ0) is 13.9. The largest absolute Gasteiger partial charge is 0.368 e. The Kier molecular flexibility index (Phi) is 4.29. The molecule has 2 aliphatic rings. The van der Waals surface area contributed by atoms with Crippen molar-refractivity contribution >= 4 is 0 Å². The van der Waals surface area contributed by atoms with Gasteiger partial charge in [0.15, 0.2) is 5.82 Å². The lowest BCUT2D eigenvalue weighted by molar-refractivity contribution is -0.0257. The molecular formula is C15H24N4O. The molecule has 1 N–H and O–H groups in total. The van der Waals surface area contributed by atoms with E-state index in [2.05, 4.69) is 24.2 Å². The Labute approximate surface area is 120 Å². The highest BCUT2D eigenvalue weighted by atomic mass is 16.5. The van der Waals surface area contributed by atoms with Crippen LogP contribution in [0.4, 0.5) is 0 Å². The van der Waals surface area contributed by atoms with E-state index in [1.54, 1.807) is 0 Å². The molecule has 0 saturated carbocycles. The van der Waals surface area contributed by atoms with Gasteiger partial charge in [-0.2, -0.15) is 0 Å². The molecule has 5 heteroatoms. The van der Waals surface area contributed by atoms with E-state index in [1.165, 1.54) is 17.0 Å². The number of nitrogens with one attached hydrogen (secondary N) is 1. The van der Waals surface area contributed by atoms with Crippen LogP contribution >= 0.6 is 0 Å². The Morgan fingerprint density at radius 3 is 3.10 bits per heavy atom. The molecule has 110 valence electrons. The van der Waals surface area contributed by atoms with E-state index < -0.39 is 0 Å². The van der Waals surface area contributed by atoms with Crippen LogP contribution in [0.15, 0.2) is 0 Å².